The van der Waals surface area contributed by atoms with Crippen LogP contribution in [0.3, 0.4) is 0 Å². The lowest BCUT2D eigenvalue weighted by atomic mass is 9.44. The largest absolute Gasteiger partial charge is 0.458 e. The molecule has 7 heteroatoms. The van der Waals surface area contributed by atoms with E-state index >= 15 is 0 Å². The average Bonchev–Trinajstić information content (AvgIpc) is 2.96. The Kier molecular flexibility index (Phi) is 5.84. The minimum absolute atomic E-state index is 0.0724. The minimum atomic E-state index is -1.42. The van der Waals surface area contributed by atoms with Gasteiger partial charge in [0.1, 0.15) is 5.60 Å². The van der Waals surface area contributed by atoms with Crippen LogP contribution in [0, 0.1) is 34.5 Å². The second kappa shape index (κ2) is 7.65. The van der Waals surface area contributed by atoms with Crippen molar-refractivity contribution in [1.82, 2.24) is 0 Å². The number of alkyl halides is 2. The van der Waals surface area contributed by atoms with Crippen molar-refractivity contribution >= 4 is 49.4 Å². The van der Waals surface area contributed by atoms with Gasteiger partial charge in [0.2, 0.25) is 5.78 Å². The van der Waals surface area contributed by atoms with Crippen LogP contribution in [0.1, 0.15) is 65.7 Å². The number of esters is 1. The molecule has 0 saturated heterocycles. The number of Topliss-reactive ketones (excluding diaryl/α,β-unsaturated/α-hetero) is 2. The van der Waals surface area contributed by atoms with Gasteiger partial charge < -0.3 is 9.84 Å². The molecule has 1 N–H and O–H groups in total. The number of carbonyl (C=O) groups is 3. The predicted octanol–water partition coefficient (Wildman–Crippen LogP) is 4.21. The van der Waals surface area contributed by atoms with Crippen LogP contribution in [-0.4, -0.2) is 44.5 Å². The van der Waals surface area contributed by atoms with E-state index in [1.165, 1.54) is 6.92 Å². The van der Waals surface area contributed by atoms with Crippen molar-refractivity contribution in [3.05, 3.63) is 0 Å². The summed E-state index contributed by atoms with van der Waals surface area (Å²) in [6, 6.07) is 0. The van der Waals surface area contributed by atoms with Gasteiger partial charge in [0.05, 0.1) is 9.65 Å². The third-order valence-electron chi connectivity index (χ3n) is 9.51. The van der Waals surface area contributed by atoms with Gasteiger partial charge in [-0.25, -0.2) is 0 Å². The Morgan fingerprint density at radius 3 is 2.40 bits per heavy atom. The molecule has 0 aromatic rings. The van der Waals surface area contributed by atoms with Crippen molar-refractivity contribution in [3.8, 4) is 0 Å². The first-order valence-corrected chi connectivity index (χ1v) is 13.0. The highest BCUT2D eigenvalue weighted by Crippen LogP contribution is 2.68. The van der Waals surface area contributed by atoms with Crippen molar-refractivity contribution < 1.29 is 24.2 Å². The van der Waals surface area contributed by atoms with E-state index in [1.54, 1.807) is 0 Å². The molecule has 1 unspecified atom stereocenters. The number of aliphatic hydroxyl groups is 1. The number of ether oxygens (including phenoxy) is 1. The van der Waals surface area contributed by atoms with Gasteiger partial charge in [-0.05, 0) is 74.0 Å². The van der Waals surface area contributed by atoms with E-state index in [2.05, 4.69) is 45.7 Å². The van der Waals surface area contributed by atoms with Gasteiger partial charge in [-0.1, -0.05) is 45.7 Å². The lowest BCUT2D eigenvalue weighted by Crippen LogP contribution is -2.61. The molecule has 5 nitrogen and oxygen atoms in total. The van der Waals surface area contributed by atoms with Gasteiger partial charge in [0.15, 0.2) is 12.4 Å². The number of hydrogen-bond acceptors (Lipinski definition) is 5. The fraction of sp³-hybridized carbons (Fsp3) is 0.870. The van der Waals surface area contributed by atoms with Gasteiger partial charge in [-0.3, -0.25) is 14.4 Å². The molecular weight excluding hydrogens is 516 g/mol. The molecule has 4 aliphatic carbocycles. The van der Waals surface area contributed by atoms with E-state index in [-0.39, 0.29) is 39.2 Å². The quantitative estimate of drug-likeness (QED) is 0.423. The smallest absolute Gasteiger partial charge is 0.303 e. The van der Waals surface area contributed by atoms with Crippen LogP contribution in [0.5, 0.6) is 0 Å². The molecule has 168 valence electrons. The summed E-state index contributed by atoms with van der Waals surface area (Å²) in [6.07, 6.45) is 5.93. The number of fused-ring (bicyclic) bond motifs is 5. The highest BCUT2D eigenvalue weighted by molar-refractivity contribution is 9.10. The first-order chi connectivity index (χ1) is 14.0. The van der Waals surface area contributed by atoms with Gasteiger partial charge in [-0.2, -0.15) is 0 Å². The predicted molar refractivity (Wildman–Crippen MR) is 120 cm³/mol. The molecule has 0 heterocycles. The molecular formula is C23H32Br2O5. The molecule has 4 rings (SSSR count). The van der Waals surface area contributed by atoms with Crippen molar-refractivity contribution in [2.24, 2.45) is 34.5 Å². The van der Waals surface area contributed by atoms with Crippen LogP contribution in [0.15, 0.2) is 0 Å². The number of rotatable bonds is 3. The van der Waals surface area contributed by atoms with Gasteiger partial charge >= 0.3 is 5.97 Å². The standard InChI is InChI=1S/C23H32Br2O5/c1-12(26)30-11-18(27)23(29)9-7-15-13-4-5-16-19(25)20(28)17(24)10-21(16,2)14(13)6-8-22(15,23)3/h13-17,19,29H,4-11H2,1-3H3/t13-,14+,15+,16?,17-,19-,21-,22+,23+/m1/s1. The number of halogens is 2. The molecule has 30 heavy (non-hydrogen) atoms. The topological polar surface area (TPSA) is 80.7 Å². The highest BCUT2D eigenvalue weighted by atomic mass is 79.9. The summed E-state index contributed by atoms with van der Waals surface area (Å²) in [5, 5.41) is 11.5. The normalized spacial score (nSPS) is 50.3. The Labute approximate surface area is 195 Å². The van der Waals surface area contributed by atoms with Gasteiger partial charge in [0.25, 0.3) is 0 Å². The Hall–Kier alpha value is -0.270. The lowest BCUT2D eigenvalue weighted by Gasteiger charge is -2.62. The summed E-state index contributed by atoms with van der Waals surface area (Å²) in [5.74, 6) is 0.979. The maximum absolute atomic E-state index is 12.9. The molecule has 9 atom stereocenters. The lowest BCUT2D eigenvalue weighted by molar-refractivity contribution is -0.174. The van der Waals surface area contributed by atoms with Crippen LogP contribution < -0.4 is 0 Å². The minimum Gasteiger partial charge on any atom is -0.458 e. The Morgan fingerprint density at radius 2 is 1.73 bits per heavy atom. The molecule has 4 saturated carbocycles. The summed E-state index contributed by atoms with van der Waals surface area (Å²) in [6.45, 7) is 5.37. The molecule has 0 spiro atoms. The molecule has 0 aromatic carbocycles. The summed E-state index contributed by atoms with van der Waals surface area (Å²) >= 11 is 7.35. The fourth-order valence-corrected chi connectivity index (χ4v) is 10.4. The molecule has 4 aliphatic rings. The summed E-state index contributed by atoms with van der Waals surface area (Å²) < 4.78 is 4.94. The fourth-order valence-electron chi connectivity index (χ4n) is 7.89. The second-order valence-corrected chi connectivity index (χ2v) is 12.7. The molecule has 0 aromatic heterocycles. The summed E-state index contributed by atoms with van der Waals surface area (Å²) in [7, 11) is 0. The van der Waals surface area contributed by atoms with Gasteiger partial charge in [0, 0.05) is 12.3 Å². The maximum atomic E-state index is 12.9. The van der Waals surface area contributed by atoms with E-state index in [0.29, 0.717) is 24.2 Å². The van der Waals surface area contributed by atoms with Gasteiger partial charge in [-0.15, -0.1) is 0 Å². The van der Waals surface area contributed by atoms with Crippen LogP contribution in [0.4, 0.5) is 0 Å². The summed E-state index contributed by atoms with van der Waals surface area (Å²) in [5.41, 5.74) is -1.84. The summed E-state index contributed by atoms with van der Waals surface area (Å²) in [4.78, 5) is 36.5. The van der Waals surface area contributed by atoms with E-state index in [1.807, 2.05) is 0 Å². The Bertz CT molecular complexity index is 771. The van der Waals surface area contributed by atoms with Crippen LogP contribution >= 0.6 is 31.9 Å². The van der Waals surface area contributed by atoms with Crippen LogP contribution in [-0.2, 0) is 19.1 Å². The highest BCUT2D eigenvalue weighted by Gasteiger charge is 2.67. The molecule has 0 bridgehead atoms. The van der Waals surface area contributed by atoms with Crippen molar-refractivity contribution in [1.29, 1.82) is 0 Å². The van der Waals surface area contributed by atoms with E-state index < -0.39 is 17.0 Å². The second-order valence-electron chi connectivity index (χ2n) is 10.6. The maximum Gasteiger partial charge on any atom is 0.303 e. The van der Waals surface area contributed by atoms with Crippen LogP contribution in [0.25, 0.3) is 0 Å². The Morgan fingerprint density at radius 1 is 1.07 bits per heavy atom. The zero-order valence-electron chi connectivity index (χ0n) is 18.0. The molecule has 4 fully saturated rings. The molecule has 0 aliphatic heterocycles. The SMILES string of the molecule is CC(=O)OCC(=O)[C@@]1(O)CC[C@H]2[C@@H]3CCC4[C@@H](Br)C(=O)[C@H](Br)C[C@]4(C)[C@H]3CC[C@@]21C. The first-order valence-electron chi connectivity index (χ1n) is 11.2. The van der Waals surface area contributed by atoms with Crippen molar-refractivity contribution in [2.75, 3.05) is 6.61 Å². The van der Waals surface area contributed by atoms with Crippen molar-refractivity contribution in [2.45, 2.75) is 81.0 Å². The molecule has 0 radical (unpaired) electrons. The number of ketones is 2. The van der Waals surface area contributed by atoms with Crippen LogP contribution in [0.2, 0.25) is 0 Å². The van der Waals surface area contributed by atoms with E-state index in [0.717, 1.165) is 38.5 Å². The zero-order chi connectivity index (χ0) is 22.1. The zero-order valence-corrected chi connectivity index (χ0v) is 21.1. The van der Waals surface area contributed by atoms with E-state index in [4.69, 9.17) is 4.74 Å². The van der Waals surface area contributed by atoms with E-state index in [9.17, 15) is 19.5 Å². The Balaban J connectivity index is 1.60. The van der Waals surface area contributed by atoms with Crippen molar-refractivity contribution in [3.63, 3.8) is 0 Å². The number of carbonyl (C=O) groups excluding carboxylic acids is 3. The third-order valence-corrected chi connectivity index (χ3v) is 11.4. The first kappa shape index (κ1) is 22.9. The average molecular weight is 548 g/mol. The number of hydrogen-bond donors (Lipinski definition) is 1. The molecule has 0 amide bonds. The third kappa shape index (κ3) is 3.12. The monoisotopic (exact) mass is 546 g/mol.